The molecule has 0 aliphatic heterocycles. The maximum atomic E-state index is 11.9. The fourth-order valence-electron chi connectivity index (χ4n) is 0.744. The second-order valence-corrected chi connectivity index (χ2v) is 2.33. The SMILES string of the molecule is C=C(F)CCCCCC. The van der Waals surface area contributed by atoms with Crippen molar-refractivity contribution < 1.29 is 4.39 Å². The molecule has 0 aliphatic carbocycles. The van der Waals surface area contributed by atoms with Gasteiger partial charge < -0.3 is 0 Å². The van der Waals surface area contributed by atoms with E-state index in [1.807, 2.05) is 0 Å². The van der Waals surface area contributed by atoms with Gasteiger partial charge >= 0.3 is 0 Å². The monoisotopic (exact) mass is 130 g/mol. The molecule has 0 heterocycles. The summed E-state index contributed by atoms with van der Waals surface area (Å²) in [4.78, 5) is 0. The molecule has 0 rings (SSSR count). The average molecular weight is 130 g/mol. The van der Waals surface area contributed by atoms with Crippen molar-refractivity contribution in [3.63, 3.8) is 0 Å². The minimum atomic E-state index is -0.175. The fourth-order valence-corrected chi connectivity index (χ4v) is 0.744. The van der Waals surface area contributed by atoms with Crippen LogP contribution in [0.4, 0.5) is 4.39 Å². The van der Waals surface area contributed by atoms with Gasteiger partial charge in [-0.25, -0.2) is 4.39 Å². The summed E-state index contributed by atoms with van der Waals surface area (Å²) in [5.41, 5.74) is 0. The van der Waals surface area contributed by atoms with Crippen LogP contribution in [0.5, 0.6) is 0 Å². The standard InChI is InChI=1S/C8H15F/c1-3-4-5-6-7-8(2)9/h2-7H2,1H3. The molecule has 0 saturated heterocycles. The zero-order valence-corrected chi connectivity index (χ0v) is 6.12. The third-order valence-electron chi connectivity index (χ3n) is 1.30. The van der Waals surface area contributed by atoms with Crippen molar-refractivity contribution in [1.29, 1.82) is 0 Å². The summed E-state index contributed by atoms with van der Waals surface area (Å²) in [6.07, 6.45) is 5.08. The lowest BCUT2D eigenvalue weighted by molar-refractivity contribution is 0.556. The highest BCUT2D eigenvalue weighted by molar-refractivity contribution is 4.78. The van der Waals surface area contributed by atoms with E-state index in [1.165, 1.54) is 12.8 Å². The predicted octanol–water partition coefficient (Wildman–Crippen LogP) is 3.44. The molecule has 0 atom stereocenters. The molecule has 0 saturated carbocycles. The Labute approximate surface area is 56.8 Å². The molecule has 1 heteroatoms. The Bertz CT molecular complexity index is 76.6. The van der Waals surface area contributed by atoms with Crippen LogP contribution in [0.15, 0.2) is 12.4 Å². The van der Waals surface area contributed by atoms with Crippen LogP contribution >= 0.6 is 0 Å². The summed E-state index contributed by atoms with van der Waals surface area (Å²) in [5.74, 6) is -0.175. The molecule has 0 bridgehead atoms. The predicted molar refractivity (Wildman–Crippen MR) is 39.0 cm³/mol. The lowest BCUT2D eigenvalue weighted by Crippen LogP contribution is -1.75. The fraction of sp³-hybridized carbons (Fsp3) is 0.750. The highest BCUT2D eigenvalue weighted by atomic mass is 19.1. The molecule has 0 fully saturated rings. The Morgan fingerprint density at radius 2 is 2.00 bits per heavy atom. The molecule has 9 heavy (non-hydrogen) atoms. The zero-order chi connectivity index (χ0) is 7.11. The van der Waals surface area contributed by atoms with Crippen LogP contribution in [0, 0.1) is 0 Å². The van der Waals surface area contributed by atoms with Crippen molar-refractivity contribution in [2.75, 3.05) is 0 Å². The van der Waals surface area contributed by atoms with E-state index in [4.69, 9.17) is 0 Å². The Hall–Kier alpha value is -0.330. The maximum Gasteiger partial charge on any atom is 0.0928 e. The van der Waals surface area contributed by atoms with Crippen molar-refractivity contribution in [3.8, 4) is 0 Å². The second kappa shape index (κ2) is 5.80. The number of allylic oxidation sites excluding steroid dienone is 1. The summed E-state index contributed by atoms with van der Waals surface area (Å²) in [7, 11) is 0. The molecule has 0 aromatic carbocycles. The van der Waals surface area contributed by atoms with Crippen molar-refractivity contribution in [1.82, 2.24) is 0 Å². The van der Waals surface area contributed by atoms with E-state index < -0.39 is 0 Å². The van der Waals surface area contributed by atoms with Gasteiger partial charge in [-0.15, -0.1) is 0 Å². The van der Waals surface area contributed by atoms with Crippen LogP contribution < -0.4 is 0 Å². The molecular formula is C8H15F. The number of rotatable bonds is 5. The minimum absolute atomic E-state index is 0.175. The molecule has 0 radical (unpaired) electrons. The van der Waals surface area contributed by atoms with Gasteiger partial charge in [-0.1, -0.05) is 32.8 Å². The molecule has 0 aromatic heterocycles. The van der Waals surface area contributed by atoms with E-state index in [0.717, 1.165) is 12.8 Å². The number of unbranched alkanes of at least 4 members (excludes halogenated alkanes) is 3. The second-order valence-electron chi connectivity index (χ2n) is 2.33. The lowest BCUT2D eigenvalue weighted by Gasteiger charge is -1.94. The zero-order valence-electron chi connectivity index (χ0n) is 6.12. The van der Waals surface area contributed by atoms with Crippen molar-refractivity contribution in [2.45, 2.75) is 39.0 Å². The number of hydrogen-bond donors (Lipinski definition) is 0. The van der Waals surface area contributed by atoms with Gasteiger partial charge in [0, 0.05) is 0 Å². The molecule has 0 nitrogen and oxygen atoms in total. The van der Waals surface area contributed by atoms with E-state index >= 15 is 0 Å². The minimum Gasteiger partial charge on any atom is -0.212 e. The summed E-state index contributed by atoms with van der Waals surface area (Å²) in [5, 5.41) is 0. The quantitative estimate of drug-likeness (QED) is 0.500. The Kier molecular flexibility index (Phi) is 5.59. The molecule has 54 valence electrons. The summed E-state index contributed by atoms with van der Waals surface area (Å²) in [6, 6.07) is 0. The van der Waals surface area contributed by atoms with Gasteiger partial charge in [0.15, 0.2) is 0 Å². The Morgan fingerprint density at radius 1 is 1.33 bits per heavy atom. The average Bonchev–Trinajstić information content (AvgIpc) is 1.80. The number of halogens is 1. The Balaban J connectivity index is 2.83. The van der Waals surface area contributed by atoms with Crippen LogP contribution in [0.1, 0.15) is 39.0 Å². The van der Waals surface area contributed by atoms with Crippen LogP contribution in [0.3, 0.4) is 0 Å². The largest absolute Gasteiger partial charge is 0.212 e. The first-order valence-corrected chi connectivity index (χ1v) is 3.60. The summed E-state index contributed by atoms with van der Waals surface area (Å²) >= 11 is 0. The molecule has 0 unspecified atom stereocenters. The summed E-state index contributed by atoms with van der Waals surface area (Å²) < 4.78 is 11.9. The molecule has 0 amide bonds. The van der Waals surface area contributed by atoms with E-state index in [1.54, 1.807) is 0 Å². The molecule has 0 aliphatic rings. The highest BCUT2D eigenvalue weighted by Crippen LogP contribution is 2.08. The van der Waals surface area contributed by atoms with Crippen LogP contribution in [0.25, 0.3) is 0 Å². The van der Waals surface area contributed by atoms with Gasteiger partial charge in [-0.3, -0.25) is 0 Å². The topological polar surface area (TPSA) is 0 Å². The van der Waals surface area contributed by atoms with E-state index in [0.29, 0.717) is 6.42 Å². The van der Waals surface area contributed by atoms with Gasteiger partial charge in [0.25, 0.3) is 0 Å². The molecule has 0 spiro atoms. The maximum absolute atomic E-state index is 11.9. The van der Waals surface area contributed by atoms with Gasteiger partial charge in [-0.2, -0.15) is 0 Å². The molecular weight excluding hydrogens is 115 g/mol. The van der Waals surface area contributed by atoms with Gasteiger partial charge in [-0.05, 0) is 12.8 Å². The Morgan fingerprint density at radius 3 is 2.44 bits per heavy atom. The van der Waals surface area contributed by atoms with Crippen molar-refractivity contribution in [3.05, 3.63) is 12.4 Å². The van der Waals surface area contributed by atoms with Crippen molar-refractivity contribution in [2.24, 2.45) is 0 Å². The van der Waals surface area contributed by atoms with E-state index in [-0.39, 0.29) is 5.83 Å². The number of hydrogen-bond acceptors (Lipinski definition) is 0. The van der Waals surface area contributed by atoms with Crippen LogP contribution in [-0.4, -0.2) is 0 Å². The smallest absolute Gasteiger partial charge is 0.0928 e. The molecule has 0 N–H and O–H groups in total. The third-order valence-corrected chi connectivity index (χ3v) is 1.30. The van der Waals surface area contributed by atoms with Gasteiger partial charge in [0.05, 0.1) is 5.83 Å². The van der Waals surface area contributed by atoms with Gasteiger partial charge in [0.1, 0.15) is 0 Å². The highest BCUT2D eigenvalue weighted by Gasteiger charge is 1.89. The van der Waals surface area contributed by atoms with Crippen molar-refractivity contribution >= 4 is 0 Å². The molecule has 0 aromatic rings. The van der Waals surface area contributed by atoms with Crippen LogP contribution in [-0.2, 0) is 0 Å². The summed E-state index contributed by atoms with van der Waals surface area (Å²) in [6.45, 7) is 5.33. The lowest BCUT2D eigenvalue weighted by atomic mass is 10.1. The normalized spacial score (nSPS) is 9.56. The first-order chi connectivity index (χ1) is 4.27. The van der Waals surface area contributed by atoms with E-state index in [2.05, 4.69) is 13.5 Å². The first-order valence-electron chi connectivity index (χ1n) is 3.60. The first kappa shape index (κ1) is 8.67. The third kappa shape index (κ3) is 7.67. The van der Waals surface area contributed by atoms with Gasteiger partial charge in [0.2, 0.25) is 0 Å². The van der Waals surface area contributed by atoms with E-state index in [9.17, 15) is 4.39 Å². The van der Waals surface area contributed by atoms with Crippen LogP contribution in [0.2, 0.25) is 0 Å².